The van der Waals surface area contributed by atoms with Crippen molar-refractivity contribution in [3.63, 3.8) is 0 Å². The molecule has 1 unspecified atom stereocenters. The number of anilines is 2. The first kappa shape index (κ1) is 17.5. The van der Waals surface area contributed by atoms with Crippen LogP contribution >= 0.6 is 11.8 Å². The predicted octanol–water partition coefficient (Wildman–Crippen LogP) is 2.20. The van der Waals surface area contributed by atoms with Crippen molar-refractivity contribution in [3.8, 4) is 0 Å². The third-order valence-electron chi connectivity index (χ3n) is 4.20. The summed E-state index contributed by atoms with van der Waals surface area (Å²) < 4.78 is 0. The van der Waals surface area contributed by atoms with Gasteiger partial charge in [-0.25, -0.2) is 9.97 Å². The van der Waals surface area contributed by atoms with Gasteiger partial charge in [-0.1, -0.05) is 30.0 Å². The smallest absolute Gasteiger partial charge is 0.236 e. The Morgan fingerprint density at radius 1 is 1.16 bits per heavy atom. The molecule has 1 aliphatic rings. The molecule has 7 heteroatoms. The van der Waals surface area contributed by atoms with Crippen molar-refractivity contribution in [3.05, 3.63) is 42.1 Å². The van der Waals surface area contributed by atoms with Gasteiger partial charge in [-0.2, -0.15) is 0 Å². The molecule has 1 aromatic heterocycles. The molecule has 1 fully saturated rings. The van der Waals surface area contributed by atoms with Crippen LogP contribution in [-0.4, -0.2) is 52.2 Å². The number of carbonyl (C=O) groups excluding carboxylic acids is 1. The highest BCUT2D eigenvalue weighted by atomic mass is 32.2. The highest BCUT2D eigenvalue weighted by Gasteiger charge is 2.26. The van der Waals surface area contributed by atoms with E-state index < -0.39 is 0 Å². The molecule has 2 N–H and O–H groups in total. The molecule has 1 amide bonds. The van der Waals surface area contributed by atoms with Gasteiger partial charge in [-0.05, 0) is 26.0 Å². The van der Waals surface area contributed by atoms with Gasteiger partial charge in [0.15, 0.2) is 5.16 Å². The van der Waals surface area contributed by atoms with Crippen LogP contribution in [-0.2, 0) is 4.79 Å². The highest BCUT2D eigenvalue weighted by Crippen LogP contribution is 2.23. The van der Waals surface area contributed by atoms with E-state index in [2.05, 4.69) is 27.0 Å². The zero-order valence-corrected chi connectivity index (χ0v) is 15.4. The van der Waals surface area contributed by atoms with E-state index in [9.17, 15) is 4.79 Å². The molecular weight excluding hydrogens is 334 g/mol. The molecule has 25 heavy (non-hydrogen) atoms. The van der Waals surface area contributed by atoms with Crippen LogP contribution in [0, 0.1) is 6.92 Å². The number of nitrogen functional groups attached to an aromatic ring is 1. The van der Waals surface area contributed by atoms with Crippen molar-refractivity contribution >= 4 is 29.2 Å². The number of nitrogens with two attached hydrogens (primary N) is 1. The van der Waals surface area contributed by atoms with Gasteiger partial charge in [0.05, 0.1) is 5.25 Å². The van der Waals surface area contributed by atoms with Crippen molar-refractivity contribution < 1.29 is 4.79 Å². The van der Waals surface area contributed by atoms with Crippen LogP contribution in [0.15, 0.2) is 41.6 Å². The number of para-hydroxylation sites is 1. The maximum atomic E-state index is 12.7. The first-order chi connectivity index (χ1) is 12.0. The molecule has 1 saturated heterocycles. The molecule has 132 valence electrons. The molecule has 2 heterocycles. The van der Waals surface area contributed by atoms with Crippen LogP contribution in [0.1, 0.15) is 12.6 Å². The SMILES string of the molecule is Cc1cc(N)nc(SC(C)C(=O)N2CCN(c3ccccc3)CC2)n1. The van der Waals surface area contributed by atoms with E-state index in [4.69, 9.17) is 5.73 Å². The predicted molar refractivity (Wildman–Crippen MR) is 102 cm³/mol. The lowest BCUT2D eigenvalue weighted by molar-refractivity contribution is -0.130. The van der Waals surface area contributed by atoms with Crippen LogP contribution in [0.3, 0.4) is 0 Å². The van der Waals surface area contributed by atoms with Gasteiger partial charge in [0.25, 0.3) is 0 Å². The Bertz CT molecular complexity index is 711. The van der Waals surface area contributed by atoms with E-state index >= 15 is 0 Å². The minimum atomic E-state index is -0.232. The minimum Gasteiger partial charge on any atom is -0.384 e. The summed E-state index contributed by atoms with van der Waals surface area (Å²) in [6, 6.07) is 12.0. The van der Waals surface area contributed by atoms with Gasteiger partial charge in [0.1, 0.15) is 5.82 Å². The Labute approximate surface area is 152 Å². The number of rotatable bonds is 4. The summed E-state index contributed by atoms with van der Waals surface area (Å²) in [4.78, 5) is 25.5. The van der Waals surface area contributed by atoms with Crippen molar-refractivity contribution in [2.24, 2.45) is 0 Å². The summed E-state index contributed by atoms with van der Waals surface area (Å²) >= 11 is 1.36. The summed E-state index contributed by atoms with van der Waals surface area (Å²) in [5, 5.41) is 0.325. The molecule has 0 bridgehead atoms. The Balaban J connectivity index is 1.56. The van der Waals surface area contributed by atoms with Crippen LogP contribution < -0.4 is 10.6 Å². The molecule has 6 nitrogen and oxygen atoms in total. The minimum absolute atomic E-state index is 0.126. The van der Waals surface area contributed by atoms with E-state index in [1.54, 1.807) is 6.07 Å². The number of hydrogen-bond donors (Lipinski definition) is 1. The third-order valence-corrected chi connectivity index (χ3v) is 5.14. The van der Waals surface area contributed by atoms with E-state index in [0.29, 0.717) is 11.0 Å². The largest absolute Gasteiger partial charge is 0.384 e. The van der Waals surface area contributed by atoms with Gasteiger partial charge in [0.2, 0.25) is 5.91 Å². The van der Waals surface area contributed by atoms with Gasteiger partial charge < -0.3 is 15.5 Å². The number of nitrogens with zero attached hydrogens (tertiary/aromatic N) is 4. The number of thioether (sulfide) groups is 1. The van der Waals surface area contributed by atoms with Gasteiger partial charge in [-0.3, -0.25) is 4.79 Å². The highest BCUT2D eigenvalue weighted by molar-refractivity contribution is 8.00. The summed E-state index contributed by atoms with van der Waals surface area (Å²) in [5.74, 6) is 0.563. The van der Waals surface area contributed by atoms with E-state index in [-0.39, 0.29) is 11.2 Å². The Morgan fingerprint density at radius 3 is 2.48 bits per heavy atom. The first-order valence-corrected chi connectivity index (χ1v) is 9.27. The van der Waals surface area contributed by atoms with E-state index in [1.807, 2.05) is 36.9 Å². The zero-order chi connectivity index (χ0) is 17.8. The standard InChI is InChI=1S/C18H23N5OS/c1-13-12-16(19)21-18(20-13)25-14(2)17(24)23-10-8-22(9-11-23)15-6-4-3-5-7-15/h3-7,12,14H,8-11H2,1-2H3,(H2,19,20,21). The van der Waals surface area contributed by atoms with Crippen LogP contribution in [0.5, 0.6) is 0 Å². The van der Waals surface area contributed by atoms with Gasteiger partial charge >= 0.3 is 0 Å². The fraction of sp³-hybridized carbons (Fsp3) is 0.389. The van der Waals surface area contributed by atoms with Crippen LogP contribution in [0.2, 0.25) is 0 Å². The number of carbonyl (C=O) groups is 1. The average Bonchev–Trinajstić information content (AvgIpc) is 2.61. The fourth-order valence-corrected chi connectivity index (χ4v) is 3.83. The lowest BCUT2D eigenvalue weighted by Gasteiger charge is -2.37. The van der Waals surface area contributed by atoms with Crippen LogP contribution in [0.4, 0.5) is 11.5 Å². The lowest BCUT2D eigenvalue weighted by Crippen LogP contribution is -2.50. The van der Waals surface area contributed by atoms with Crippen molar-refractivity contribution in [2.45, 2.75) is 24.3 Å². The quantitative estimate of drug-likeness (QED) is 0.668. The number of benzene rings is 1. The second kappa shape index (κ2) is 7.74. The molecule has 1 atom stereocenters. The normalized spacial score (nSPS) is 15.9. The Morgan fingerprint density at radius 2 is 1.84 bits per heavy atom. The topological polar surface area (TPSA) is 75.3 Å². The van der Waals surface area contributed by atoms with Crippen molar-refractivity contribution in [2.75, 3.05) is 36.8 Å². The summed E-state index contributed by atoms with van der Waals surface area (Å²) in [6.45, 7) is 6.93. The number of aryl methyl sites for hydroxylation is 1. The Hall–Kier alpha value is -2.28. The molecular formula is C18H23N5OS. The third kappa shape index (κ3) is 4.42. The molecule has 1 aromatic carbocycles. The molecule has 3 rings (SSSR count). The average molecular weight is 357 g/mol. The second-order valence-corrected chi connectivity index (χ2v) is 7.43. The number of aromatic nitrogens is 2. The number of amides is 1. The molecule has 1 aliphatic heterocycles. The van der Waals surface area contributed by atoms with E-state index in [0.717, 1.165) is 31.9 Å². The monoisotopic (exact) mass is 357 g/mol. The zero-order valence-electron chi connectivity index (χ0n) is 14.6. The van der Waals surface area contributed by atoms with Gasteiger partial charge in [-0.15, -0.1) is 0 Å². The Kier molecular flexibility index (Phi) is 5.43. The summed E-state index contributed by atoms with van der Waals surface area (Å²) in [6.07, 6.45) is 0. The first-order valence-electron chi connectivity index (χ1n) is 8.39. The molecule has 0 spiro atoms. The summed E-state index contributed by atoms with van der Waals surface area (Å²) in [7, 11) is 0. The molecule has 0 aliphatic carbocycles. The summed E-state index contributed by atoms with van der Waals surface area (Å²) in [5.41, 5.74) is 7.78. The molecule has 0 saturated carbocycles. The van der Waals surface area contributed by atoms with Gasteiger partial charge in [0, 0.05) is 43.6 Å². The van der Waals surface area contributed by atoms with E-state index in [1.165, 1.54) is 17.4 Å². The van der Waals surface area contributed by atoms with Crippen molar-refractivity contribution in [1.82, 2.24) is 14.9 Å². The molecule has 0 radical (unpaired) electrons. The number of piperazine rings is 1. The van der Waals surface area contributed by atoms with Crippen molar-refractivity contribution in [1.29, 1.82) is 0 Å². The number of hydrogen-bond acceptors (Lipinski definition) is 6. The molecule has 2 aromatic rings. The second-order valence-electron chi connectivity index (χ2n) is 6.12. The maximum Gasteiger partial charge on any atom is 0.236 e. The fourth-order valence-electron chi connectivity index (χ4n) is 2.91. The maximum absolute atomic E-state index is 12.7. The van der Waals surface area contributed by atoms with Crippen LogP contribution in [0.25, 0.3) is 0 Å². The lowest BCUT2D eigenvalue weighted by atomic mass is 10.2.